The standard InChI is InChI=1S/C36H38BO2/c1-33(2)29-12-10-9-11-25(29)26-16-13-22(19-30(26)33)23-14-17-27-28-18-15-24(37-39-36(7,8)35(5,6)38)21-32(28)34(3,4)31(27)20-23/h9-21,38H,1-8H3. The van der Waals surface area contributed by atoms with E-state index in [1.54, 1.807) is 21.3 Å². The number of rotatable bonds is 5. The van der Waals surface area contributed by atoms with E-state index in [1.165, 1.54) is 55.6 Å². The Balaban J connectivity index is 1.34. The number of hydrogen-bond donors (Lipinski definition) is 1. The number of hydrogen-bond acceptors (Lipinski definition) is 2. The van der Waals surface area contributed by atoms with E-state index in [0.717, 1.165) is 5.46 Å². The Morgan fingerprint density at radius 1 is 0.590 bits per heavy atom. The molecule has 2 aliphatic carbocycles. The maximum Gasteiger partial charge on any atom is 0.330 e. The van der Waals surface area contributed by atoms with E-state index in [1.807, 2.05) is 13.8 Å². The Morgan fingerprint density at radius 2 is 1.05 bits per heavy atom. The van der Waals surface area contributed by atoms with Crippen LogP contribution in [0.1, 0.15) is 77.6 Å². The molecule has 4 aromatic rings. The van der Waals surface area contributed by atoms with Crippen LogP contribution in [0.5, 0.6) is 0 Å². The summed E-state index contributed by atoms with van der Waals surface area (Å²) in [4.78, 5) is 0. The summed E-state index contributed by atoms with van der Waals surface area (Å²) in [5.74, 6) is 0. The Labute approximate surface area is 234 Å². The molecule has 39 heavy (non-hydrogen) atoms. The molecule has 1 radical (unpaired) electrons. The van der Waals surface area contributed by atoms with E-state index < -0.39 is 11.2 Å². The second kappa shape index (κ2) is 8.43. The molecule has 0 atom stereocenters. The highest BCUT2D eigenvalue weighted by atomic mass is 16.5. The molecule has 0 saturated heterocycles. The first-order valence-electron chi connectivity index (χ1n) is 14.0. The van der Waals surface area contributed by atoms with Crippen LogP contribution in [-0.2, 0) is 15.5 Å². The second-order valence-electron chi connectivity index (χ2n) is 13.4. The Kier molecular flexibility index (Phi) is 5.64. The first-order chi connectivity index (χ1) is 18.2. The van der Waals surface area contributed by atoms with Crippen LogP contribution in [0.2, 0.25) is 0 Å². The monoisotopic (exact) mass is 513 g/mol. The lowest BCUT2D eigenvalue weighted by Gasteiger charge is -2.37. The zero-order valence-electron chi connectivity index (χ0n) is 24.4. The highest BCUT2D eigenvalue weighted by Gasteiger charge is 2.39. The lowest BCUT2D eigenvalue weighted by atomic mass is 9.77. The molecule has 0 amide bonds. The number of benzene rings is 4. The van der Waals surface area contributed by atoms with Gasteiger partial charge in [-0.05, 0) is 95.5 Å². The summed E-state index contributed by atoms with van der Waals surface area (Å²) < 4.78 is 6.06. The molecule has 0 fully saturated rings. The fraction of sp³-hybridized carbons (Fsp3) is 0.333. The van der Waals surface area contributed by atoms with Gasteiger partial charge in [0.05, 0.1) is 11.2 Å². The van der Waals surface area contributed by atoms with Crippen LogP contribution in [0.25, 0.3) is 33.4 Å². The molecule has 3 heteroatoms. The van der Waals surface area contributed by atoms with Gasteiger partial charge in [0, 0.05) is 10.8 Å². The van der Waals surface area contributed by atoms with Crippen molar-refractivity contribution in [2.75, 3.05) is 0 Å². The fourth-order valence-electron chi connectivity index (χ4n) is 6.25. The van der Waals surface area contributed by atoms with Gasteiger partial charge in [-0.25, -0.2) is 0 Å². The first-order valence-corrected chi connectivity index (χ1v) is 14.0. The average Bonchev–Trinajstić information content (AvgIpc) is 3.26. The van der Waals surface area contributed by atoms with Crippen molar-refractivity contribution in [1.29, 1.82) is 0 Å². The molecular formula is C36H38BO2. The van der Waals surface area contributed by atoms with E-state index in [9.17, 15) is 5.11 Å². The lowest BCUT2D eigenvalue weighted by molar-refractivity contribution is -0.0893. The summed E-state index contributed by atoms with van der Waals surface area (Å²) in [6.07, 6.45) is 0. The topological polar surface area (TPSA) is 29.5 Å². The molecule has 0 aliphatic heterocycles. The molecular weight excluding hydrogens is 475 g/mol. The smallest absolute Gasteiger partial charge is 0.330 e. The van der Waals surface area contributed by atoms with E-state index in [-0.39, 0.29) is 10.8 Å². The van der Waals surface area contributed by atoms with Gasteiger partial charge in [0.2, 0.25) is 0 Å². The molecule has 0 saturated carbocycles. The fourth-order valence-corrected chi connectivity index (χ4v) is 6.25. The molecule has 0 aromatic heterocycles. The van der Waals surface area contributed by atoms with Crippen molar-refractivity contribution in [3.05, 3.63) is 101 Å². The lowest BCUT2D eigenvalue weighted by Crippen LogP contribution is -2.49. The van der Waals surface area contributed by atoms with Crippen molar-refractivity contribution < 1.29 is 9.76 Å². The normalized spacial score (nSPS) is 16.3. The second-order valence-corrected chi connectivity index (χ2v) is 13.4. The van der Waals surface area contributed by atoms with Gasteiger partial charge in [0.25, 0.3) is 0 Å². The van der Waals surface area contributed by atoms with Gasteiger partial charge >= 0.3 is 7.48 Å². The van der Waals surface area contributed by atoms with E-state index >= 15 is 0 Å². The van der Waals surface area contributed by atoms with Gasteiger partial charge in [-0.1, -0.05) is 99.9 Å². The molecule has 2 nitrogen and oxygen atoms in total. The molecule has 4 aromatic carbocycles. The Morgan fingerprint density at radius 3 is 1.62 bits per heavy atom. The van der Waals surface area contributed by atoms with Crippen molar-refractivity contribution in [2.24, 2.45) is 0 Å². The molecule has 0 heterocycles. The van der Waals surface area contributed by atoms with Gasteiger partial charge < -0.3 is 9.76 Å². The summed E-state index contributed by atoms with van der Waals surface area (Å²) >= 11 is 0. The Bertz CT molecular complexity index is 1620. The zero-order valence-corrected chi connectivity index (χ0v) is 24.4. The molecule has 2 aliphatic rings. The Hall–Kier alpha value is -3.14. The summed E-state index contributed by atoms with van der Waals surface area (Å²) in [6.45, 7) is 16.7. The third-order valence-corrected chi connectivity index (χ3v) is 9.58. The van der Waals surface area contributed by atoms with Gasteiger partial charge in [-0.3, -0.25) is 0 Å². The van der Waals surface area contributed by atoms with Crippen LogP contribution in [0.4, 0.5) is 0 Å². The van der Waals surface area contributed by atoms with Crippen LogP contribution in [0.3, 0.4) is 0 Å². The average molecular weight is 514 g/mol. The third-order valence-electron chi connectivity index (χ3n) is 9.58. The maximum atomic E-state index is 10.5. The van der Waals surface area contributed by atoms with E-state index in [0.29, 0.717) is 0 Å². The van der Waals surface area contributed by atoms with E-state index in [2.05, 4.69) is 107 Å². The SMILES string of the molecule is CC1(C)c2ccccc2-c2ccc(-c3ccc4c(c3)C(C)(C)c3cc([B]OC(C)(C)C(C)(C)O)ccc3-4)cc21. The van der Waals surface area contributed by atoms with Gasteiger partial charge in [-0.15, -0.1) is 0 Å². The third kappa shape index (κ3) is 3.93. The van der Waals surface area contributed by atoms with E-state index in [4.69, 9.17) is 4.65 Å². The minimum absolute atomic E-state index is 0.0110. The van der Waals surface area contributed by atoms with Crippen LogP contribution >= 0.6 is 0 Å². The quantitative estimate of drug-likeness (QED) is 0.276. The van der Waals surface area contributed by atoms with Crippen LogP contribution in [-0.4, -0.2) is 23.8 Å². The number of fused-ring (bicyclic) bond motifs is 6. The van der Waals surface area contributed by atoms with Crippen molar-refractivity contribution in [2.45, 2.75) is 77.4 Å². The van der Waals surface area contributed by atoms with Gasteiger partial charge in [-0.2, -0.15) is 0 Å². The van der Waals surface area contributed by atoms with Crippen molar-refractivity contribution >= 4 is 12.9 Å². The van der Waals surface area contributed by atoms with Crippen LogP contribution in [0, 0.1) is 0 Å². The highest BCUT2D eigenvalue weighted by Crippen LogP contribution is 2.51. The molecule has 6 rings (SSSR count). The molecule has 0 spiro atoms. The van der Waals surface area contributed by atoms with Gasteiger partial charge in [0.15, 0.2) is 0 Å². The summed E-state index contributed by atoms with van der Waals surface area (Å²) in [5.41, 5.74) is 12.5. The summed E-state index contributed by atoms with van der Waals surface area (Å²) in [5, 5.41) is 10.5. The zero-order chi connectivity index (χ0) is 28.0. The number of aliphatic hydroxyl groups is 1. The van der Waals surface area contributed by atoms with Crippen molar-refractivity contribution in [3.8, 4) is 33.4 Å². The predicted octanol–water partition coefficient (Wildman–Crippen LogP) is 7.78. The largest absolute Gasteiger partial charge is 0.427 e. The van der Waals surface area contributed by atoms with Crippen molar-refractivity contribution in [3.63, 3.8) is 0 Å². The predicted molar refractivity (Wildman–Crippen MR) is 164 cm³/mol. The van der Waals surface area contributed by atoms with Crippen molar-refractivity contribution in [1.82, 2.24) is 0 Å². The molecule has 0 unspecified atom stereocenters. The minimum atomic E-state index is -0.957. The summed E-state index contributed by atoms with van der Waals surface area (Å²) in [7, 11) is 1.78. The molecule has 1 N–H and O–H groups in total. The first kappa shape index (κ1) is 26.1. The summed E-state index contributed by atoms with van der Waals surface area (Å²) in [6, 6.07) is 29.3. The molecule has 197 valence electrons. The maximum absolute atomic E-state index is 10.5. The van der Waals surface area contributed by atoms with Crippen LogP contribution in [0.15, 0.2) is 78.9 Å². The minimum Gasteiger partial charge on any atom is -0.427 e. The van der Waals surface area contributed by atoms with Gasteiger partial charge in [0.1, 0.15) is 0 Å². The highest BCUT2D eigenvalue weighted by molar-refractivity contribution is 6.47. The molecule has 0 bridgehead atoms. The van der Waals surface area contributed by atoms with Crippen LogP contribution < -0.4 is 5.46 Å².